The summed E-state index contributed by atoms with van der Waals surface area (Å²) in [4.78, 5) is 22.3. The molecule has 0 amide bonds. The Balaban J connectivity index is 3.36. The Hall–Kier alpha value is -1.06. The fourth-order valence-electron chi connectivity index (χ4n) is 1.25. The van der Waals surface area contributed by atoms with E-state index in [1.807, 2.05) is 0 Å². The second-order valence-corrected chi connectivity index (χ2v) is 4.42. The fraction of sp³-hybridized carbons (Fsp3) is 0.846. The molecule has 0 aliphatic heterocycles. The van der Waals surface area contributed by atoms with Gasteiger partial charge in [-0.3, -0.25) is 9.59 Å². The lowest BCUT2D eigenvalue weighted by molar-refractivity contribution is -0.145. The van der Waals surface area contributed by atoms with Crippen LogP contribution in [0, 0.1) is 5.92 Å². The van der Waals surface area contributed by atoms with Crippen LogP contribution in [0.3, 0.4) is 0 Å². The molecule has 0 aliphatic rings. The molecule has 0 spiro atoms. The normalized spacial score (nSPS) is 10.4. The molecule has 0 aromatic rings. The van der Waals surface area contributed by atoms with Gasteiger partial charge in [-0.1, -0.05) is 13.8 Å². The lowest BCUT2D eigenvalue weighted by atomic mass is 10.1. The van der Waals surface area contributed by atoms with E-state index in [-0.39, 0.29) is 11.9 Å². The maximum atomic E-state index is 11.3. The standard InChI is InChI=1S/C13H24O4/c1-4-16-12(14)7-5-6-8-13(15)17-10-9-11(2)3/h11H,4-10H2,1-3H3. The maximum Gasteiger partial charge on any atom is 0.305 e. The van der Waals surface area contributed by atoms with Gasteiger partial charge in [0.25, 0.3) is 0 Å². The first-order valence-corrected chi connectivity index (χ1v) is 6.37. The molecule has 0 radical (unpaired) electrons. The number of esters is 2. The van der Waals surface area contributed by atoms with Gasteiger partial charge in [0.15, 0.2) is 0 Å². The van der Waals surface area contributed by atoms with E-state index in [2.05, 4.69) is 13.8 Å². The summed E-state index contributed by atoms with van der Waals surface area (Å²) in [7, 11) is 0. The zero-order valence-corrected chi connectivity index (χ0v) is 11.2. The largest absolute Gasteiger partial charge is 0.466 e. The molecule has 0 atom stereocenters. The second kappa shape index (κ2) is 10.1. The molecule has 0 heterocycles. The third-order valence-electron chi connectivity index (χ3n) is 2.28. The first kappa shape index (κ1) is 15.9. The monoisotopic (exact) mass is 244 g/mol. The zero-order valence-electron chi connectivity index (χ0n) is 11.2. The topological polar surface area (TPSA) is 52.6 Å². The maximum absolute atomic E-state index is 11.3. The van der Waals surface area contributed by atoms with Gasteiger partial charge in [0.1, 0.15) is 0 Å². The number of unbranched alkanes of at least 4 members (excludes halogenated alkanes) is 1. The van der Waals surface area contributed by atoms with Gasteiger partial charge in [0, 0.05) is 12.8 Å². The van der Waals surface area contributed by atoms with E-state index < -0.39 is 0 Å². The summed E-state index contributed by atoms with van der Waals surface area (Å²) in [5.41, 5.74) is 0. The van der Waals surface area contributed by atoms with Gasteiger partial charge in [0.05, 0.1) is 13.2 Å². The molecule has 100 valence electrons. The lowest BCUT2D eigenvalue weighted by Crippen LogP contribution is -2.08. The summed E-state index contributed by atoms with van der Waals surface area (Å²) < 4.78 is 9.84. The zero-order chi connectivity index (χ0) is 13.1. The van der Waals surface area contributed by atoms with Crippen LogP contribution in [-0.2, 0) is 19.1 Å². The first-order valence-electron chi connectivity index (χ1n) is 6.37. The number of carbonyl (C=O) groups excluding carboxylic acids is 2. The van der Waals surface area contributed by atoms with Gasteiger partial charge < -0.3 is 9.47 Å². The highest BCUT2D eigenvalue weighted by molar-refractivity contribution is 5.70. The van der Waals surface area contributed by atoms with E-state index in [0.717, 1.165) is 6.42 Å². The van der Waals surface area contributed by atoms with Crippen molar-refractivity contribution in [2.24, 2.45) is 5.92 Å². The van der Waals surface area contributed by atoms with E-state index in [1.165, 1.54) is 0 Å². The summed E-state index contributed by atoms with van der Waals surface area (Å²) in [5.74, 6) is 0.182. The van der Waals surface area contributed by atoms with Crippen molar-refractivity contribution in [1.82, 2.24) is 0 Å². The molecule has 0 fully saturated rings. The highest BCUT2D eigenvalue weighted by Gasteiger charge is 2.05. The molecule has 0 aromatic carbocycles. The Morgan fingerprint density at radius 3 is 2.00 bits per heavy atom. The van der Waals surface area contributed by atoms with E-state index >= 15 is 0 Å². The Kier molecular flexibility index (Phi) is 9.49. The predicted octanol–water partition coefficient (Wildman–Crippen LogP) is 2.70. The van der Waals surface area contributed by atoms with Crippen molar-refractivity contribution in [3.05, 3.63) is 0 Å². The van der Waals surface area contributed by atoms with E-state index in [0.29, 0.717) is 44.8 Å². The van der Waals surface area contributed by atoms with Gasteiger partial charge in [0.2, 0.25) is 0 Å². The van der Waals surface area contributed by atoms with Crippen LogP contribution in [0.1, 0.15) is 52.9 Å². The van der Waals surface area contributed by atoms with Crippen LogP contribution in [0.25, 0.3) is 0 Å². The minimum atomic E-state index is -0.194. The molecule has 0 aromatic heterocycles. The summed E-state index contributed by atoms with van der Waals surface area (Å²) in [6.07, 6.45) is 3.02. The van der Waals surface area contributed by atoms with Crippen molar-refractivity contribution in [1.29, 1.82) is 0 Å². The number of hydrogen-bond donors (Lipinski definition) is 0. The van der Waals surface area contributed by atoms with E-state index in [1.54, 1.807) is 6.92 Å². The van der Waals surface area contributed by atoms with Crippen molar-refractivity contribution in [2.75, 3.05) is 13.2 Å². The van der Waals surface area contributed by atoms with Crippen molar-refractivity contribution in [3.8, 4) is 0 Å². The quantitative estimate of drug-likeness (QED) is 0.462. The molecule has 0 unspecified atom stereocenters. The molecular weight excluding hydrogens is 220 g/mol. The molecule has 4 heteroatoms. The minimum absolute atomic E-state index is 0.172. The Morgan fingerprint density at radius 1 is 1.00 bits per heavy atom. The van der Waals surface area contributed by atoms with Gasteiger partial charge in [-0.05, 0) is 32.1 Å². The summed E-state index contributed by atoms with van der Waals surface area (Å²) in [6.45, 7) is 6.87. The molecule has 0 rings (SSSR count). The smallest absolute Gasteiger partial charge is 0.305 e. The molecule has 0 saturated heterocycles. The minimum Gasteiger partial charge on any atom is -0.466 e. The number of hydrogen-bond acceptors (Lipinski definition) is 4. The highest BCUT2D eigenvalue weighted by atomic mass is 16.5. The molecule has 4 nitrogen and oxygen atoms in total. The van der Waals surface area contributed by atoms with Crippen LogP contribution < -0.4 is 0 Å². The van der Waals surface area contributed by atoms with Crippen molar-refractivity contribution in [3.63, 3.8) is 0 Å². The number of rotatable bonds is 9. The van der Waals surface area contributed by atoms with Crippen LogP contribution in [-0.4, -0.2) is 25.2 Å². The lowest BCUT2D eigenvalue weighted by Gasteiger charge is -2.06. The Bertz CT molecular complexity index is 223. The average molecular weight is 244 g/mol. The van der Waals surface area contributed by atoms with Crippen molar-refractivity contribution >= 4 is 11.9 Å². The van der Waals surface area contributed by atoms with Gasteiger partial charge in [-0.25, -0.2) is 0 Å². The van der Waals surface area contributed by atoms with Crippen LogP contribution in [0.15, 0.2) is 0 Å². The molecule has 17 heavy (non-hydrogen) atoms. The van der Waals surface area contributed by atoms with Gasteiger partial charge >= 0.3 is 11.9 Å². The highest BCUT2D eigenvalue weighted by Crippen LogP contribution is 2.04. The molecule has 0 N–H and O–H groups in total. The van der Waals surface area contributed by atoms with Gasteiger partial charge in [-0.15, -0.1) is 0 Å². The fourth-order valence-corrected chi connectivity index (χ4v) is 1.25. The number of carbonyl (C=O) groups is 2. The predicted molar refractivity (Wildman–Crippen MR) is 65.5 cm³/mol. The van der Waals surface area contributed by atoms with E-state index in [4.69, 9.17) is 9.47 Å². The summed E-state index contributed by atoms with van der Waals surface area (Å²) in [6, 6.07) is 0. The summed E-state index contributed by atoms with van der Waals surface area (Å²) in [5, 5.41) is 0. The third kappa shape index (κ3) is 11.2. The van der Waals surface area contributed by atoms with Crippen LogP contribution in [0.5, 0.6) is 0 Å². The second-order valence-electron chi connectivity index (χ2n) is 4.42. The first-order chi connectivity index (χ1) is 8.06. The molecular formula is C13H24O4. The van der Waals surface area contributed by atoms with E-state index in [9.17, 15) is 9.59 Å². The van der Waals surface area contributed by atoms with Crippen LogP contribution in [0.4, 0.5) is 0 Å². The molecule has 0 bridgehead atoms. The van der Waals surface area contributed by atoms with Crippen molar-refractivity contribution < 1.29 is 19.1 Å². The summed E-state index contributed by atoms with van der Waals surface area (Å²) >= 11 is 0. The van der Waals surface area contributed by atoms with Crippen molar-refractivity contribution in [2.45, 2.75) is 52.9 Å². The van der Waals surface area contributed by atoms with Gasteiger partial charge in [-0.2, -0.15) is 0 Å². The SMILES string of the molecule is CCOC(=O)CCCCC(=O)OCCC(C)C. The average Bonchev–Trinajstić information content (AvgIpc) is 2.24. The number of ether oxygens (including phenoxy) is 2. The molecule has 0 aliphatic carbocycles. The van der Waals surface area contributed by atoms with Crippen LogP contribution in [0.2, 0.25) is 0 Å². The Labute approximate surface area is 104 Å². The van der Waals surface area contributed by atoms with Crippen LogP contribution >= 0.6 is 0 Å². The molecule has 0 saturated carbocycles. The third-order valence-corrected chi connectivity index (χ3v) is 2.28. The Morgan fingerprint density at radius 2 is 1.53 bits per heavy atom.